The number of carboxylic acid groups (broad SMARTS) is 2. The van der Waals surface area contributed by atoms with E-state index in [1.54, 1.807) is 0 Å². The predicted octanol–water partition coefficient (Wildman–Crippen LogP) is -0.541. The summed E-state index contributed by atoms with van der Waals surface area (Å²) in [5, 5.41) is 25.1. The fraction of sp³-hybridized carbons (Fsp3) is 0.222. The number of rotatable bonds is 8. The van der Waals surface area contributed by atoms with E-state index in [9.17, 15) is 24.3 Å². The monoisotopic (exact) mass is 477 g/mol. The molecule has 0 radical (unpaired) electrons. The molecule has 3 heterocycles. The number of oxime groups is 1. The Kier molecular flexibility index (Phi) is 6.81. The third-order valence-corrected chi connectivity index (χ3v) is 6.17. The summed E-state index contributed by atoms with van der Waals surface area (Å²) in [6.45, 7) is -0.800. The number of β-lactam (4-membered cyclic amide) rings is 1. The Morgan fingerprint density at radius 2 is 2.22 bits per heavy atom. The van der Waals surface area contributed by atoms with Crippen LogP contribution in [0.15, 0.2) is 34.0 Å². The molecule has 2 amide bonds. The van der Waals surface area contributed by atoms with Crippen LogP contribution >= 0.6 is 23.1 Å². The summed E-state index contributed by atoms with van der Waals surface area (Å²) in [5.74, 6) is -1.58. The zero-order valence-electron chi connectivity index (χ0n) is 16.0. The summed E-state index contributed by atoms with van der Waals surface area (Å²) in [6.07, 6.45) is 7.95. The summed E-state index contributed by atoms with van der Waals surface area (Å²) in [6, 6.07) is -1.04. The first-order valence-electron chi connectivity index (χ1n) is 8.72. The van der Waals surface area contributed by atoms with Crippen molar-refractivity contribution in [3.05, 3.63) is 34.5 Å². The van der Waals surface area contributed by atoms with Gasteiger partial charge in [-0.15, -0.1) is 29.5 Å². The van der Waals surface area contributed by atoms with E-state index in [0.717, 1.165) is 16.2 Å². The number of nitrogens with zero attached hydrogens (tertiary/aromatic N) is 3. The number of amides is 2. The molecule has 3 rings (SSSR count). The summed E-state index contributed by atoms with van der Waals surface area (Å²) in [4.78, 5) is 57.5. The Balaban J connectivity index is 1.81. The smallest absolute Gasteiger partial charge is 0.352 e. The number of carbonyl (C=O) groups excluding carboxylic acids is 2. The van der Waals surface area contributed by atoms with Crippen LogP contribution < -0.4 is 11.1 Å². The van der Waals surface area contributed by atoms with Gasteiger partial charge in [0, 0.05) is 11.1 Å². The molecule has 2 aliphatic heterocycles. The number of terminal acetylenes is 1. The van der Waals surface area contributed by atoms with E-state index in [0.29, 0.717) is 5.57 Å². The molecule has 2 aliphatic rings. The van der Waals surface area contributed by atoms with Crippen molar-refractivity contribution in [1.82, 2.24) is 15.2 Å². The quantitative estimate of drug-likeness (QED) is 0.164. The van der Waals surface area contributed by atoms with Crippen molar-refractivity contribution in [3.63, 3.8) is 0 Å². The van der Waals surface area contributed by atoms with Crippen LogP contribution in [0.3, 0.4) is 0 Å². The Morgan fingerprint density at radius 1 is 1.47 bits per heavy atom. The van der Waals surface area contributed by atoms with Crippen LogP contribution in [0.2, 0.25) is 0 Å². The van der Waals surface area contributed by atoms with Gasteiger partial charge in [0.15, 0.2) is 10.8 Å². The number of aliphatic carboxylic acids is 2. The minimum Gasteiger partial charge on any atom is -0.479 e. The second-order valence-corrected chi connectivity index (χ2v) is 8.21. The molecule has 1 aromatic heterocycles. The van der Waals surface area contributed by atoms with E-state index in [1.165, 1.54) is 29.3 Å². The van der Waals surface area contributed by atoms with Crippen LogP contribution in [0.25, 0.3) is 0 Å². The number of thioether (sulfide) groups is 1. The molecule has 166 valence electrons. The predicted molar refractivity (Wildman–Crippen MR) is 114 cm³/mol. The van der Waals surface area contributed by atoms with Crippen molar-refractivity contribution in [2.75, 3.05) is 18.1 Å². The molecule has 0 bridgehead atoms. The fourth-order valence-corrected chi connectivity index (χ4v) is 4.75. The molecule has 1 saturated heterocycles. The van der Waals surface area contributed by atoms with Crippen molar-refractivity contribution in [2.24, 2.45) is 5.16 Å². The molecule has 14 heteroatoms. The van der Waals surface area contributed by atoms with Crippen LogP contribution in [0.5, 0.6) is 0 Å². The number of carbonyl (C=O) groups is 4. The zero-order chi connectivity index (χ0) is 23.4. The lowest BCUT2D eigenvalue weighted by atomic mass is 10.0. The third-order valence-electron chi connectivity index (χ3n) is 4.19. The molecule has 1 aromatic rings. The highest BCUT2D eigenvalue weighted by Crippen LogP contribution is 2.40. The molecule has 2 atom stereocenters. The fourth-order valence-electron chi connectivity index (χ4n) is 2.88. The molecule has 0 saturated carbocycles. The number of hydrogen-bond acceptors (Lipinski definition) is 10. The zero-order valence-corrected chi connectivity index (χ0v) is 17.7. The second-order valence-electron chi connectivity index (χ2n) is 6.22. The van der Waals surface area contributed by atoms with Gasteiger partial charge in [-0.1, -0.05) is 11.1 Å². The number of anilines is 1. The summed E-state index contributed by atoms with van der Waals surface area (Å²) in [5.41, 5.74) is 5.40. The van der Waals surface area contributed by atoms with Crippen LogP contribution in [-0.4, -0.2) is 73.3 Å². The topological polar surface area (TPSA) is 185 Å². The standard InChI is InChI=1S/C18H15N5O7S2/c1-2-3-4-8-6-31-16-12(15(27)23(16)13(8)17(28)29)21-14(26)11(22-30-5-10(24)25)9-7-32-18(19)20-9/h1,3-4,7,12,16H,5-6H2,(H2,19,20)(H,21,26)(H,24,25)(H,28,29)/b4-3-,22-11-/t12-,16-/m1/s1. The molecule has 0 spiro atoms. The summed E-state index contributed by atoms with van der Waals surface area (Å²) < 4.78 is 0. The van der Waals surface area contributed by atoms with E-state index in [-0.39, 0.29) is 28.0 Å². The Bertz CT molecular complexity index is 1120. The van der Waals surface area contributed by atoms with Gasteiger partial charge in [-0.2, -0.15) is 0 Å². The van der Waals surface area contributed by atoms with Crippen molar-refractivity contribution in [2.45, 2.75) is 11.4 Å². The molecular weight excluding hydrogens is 462 g/mol. The third kappa shape index (κ3) is 4.58. The van der Waals surface area contributed by atoms with Crippen LogP contribution in [0.1, 0.15) is 5.69 Å². The number of nitrogens with one attached hydrogen (secondary N) is 1. The maximum atomic E-state index is 12.8. The average Bonchev–Trinajstić information content (AvgIpc) is 3.17. The van der Waals surface area contributed by atoms with Crippen molar-refractivity contribution < 1.29 is 34.2 Å². The van der Waals surface area contributed by atoms with Crippen LogP contribution in [0.4, 0.5) is 5.13 Å². The summed E-state index contributed by atoms with van der Waals surface area (Å²) >= 11 is 2.27. The molecule has 0 unspecified atom stereocenters. The van der Waals surface area contributed by atoms with E-state index >= 15 is 0 Å². The van der Waals surface area contributed by atoms with Gasteiger partial charge in [0.1, 0.15) is 22.8 Å². The second kappa shape index (κ2) is 9.54. The van der Waals surface area contributed by atoms with Gasteiger partial charge in [0.2, 0.25) is 6.61 Å². The largest absolute Gasteiger partial charge is 0.479 e. The average molecular weight is 477 g/mol. The summed E-state index contributed by atoms with van der Waals surface area (Å²) in [7, 11) is 0. The number of hydrogen-bond donors (Lipinski definition) is 4. The normalized spacial score (nSPS) is 20.4. The van der Waals surface area contributed by atoms with Gasteiger partial charge in [-0.25, -0.2) is 14.6 Å². The van der Waals surface area contributed by atoms with Crippen molar-refractivity contribution >= 4 is 57.7 Å². The van der Waals surface area contributed by atoms with Gasteiger partial charge >= 0.3 is 11.9 Å². The highest BCUT2D eigenvalue weighted by Gasteiger charge is 2.54. The van der Waals surface area contributed by atoms with Gasteiger partial charge in [0.05, 0.1) is 0 Å². The molecule has 12 nitrogen and oxygen atoms in total. The van der Waals surface area contributed by atoms with Crippen LogP contribution in [-0.2, 0) is 24.0 Å². The Labute approximate surface area is 188 Å². The molecule has 1 fully saturated rings. The highest BCUT2D eigenvalue weighted by molar-refractivity contribution is 8.00. The van der Waals surface area contributed by atoms with Crippen molar-refractivity contribution in [1.29, 1.82) is 0 Å². The first kappa shape index (κ1) is 22.8. The minimum absolute atomic E-state index is 0.0307. The highest BCUT2D eigenvalue weighted by atomic mass is 32.2. The van der Waals surface area contributed by atoms with E-state index in [2.05, 4.69) is 26.2 Å². The maximum Gasteiger partial charge on any atom is 0.352 e. The first-order valence-corrected chi connectivity index (χ1v) is 10.6. The number of nitrogens with two attached hydrogens (primary N) is 1. The van der Waals surface area contributed by atoms with Gasteiger partial charge in [-0.05, 0) is 17.7 Å². The molecular formula is C18H15N5O7S2. The lowest BCUT2D eigenvalue weighted by Crippen LogP contribution is -2.71. The number of nitrogen functional groups attached to an aromatic ring is 1. The molecule has 0 aromatic carbocycles. The lowest BCUT2D eigenvalue weighted by molar-refractivity contribution is -0.150. The molecule has 0 aliphatic carbocycles. The van der Waals surface area contributed by atoms with E-state index < -0.39 is 41.8 Å². The van der Waals surface area contributed by atoms with Crippen molar-refractivity contribution in [3.8, 4) is 12.3 Å². The molecule has 5 N–H and O–H groups in total. The number of aromatic nitrogens is 1. The first-order chi connectivity index (χ1) is 15.2. The Hall–Kier alpha value is -3.83. The number of fused-ring (bicyclic) bond motifs is 1. The number of carboxylic acids is 2. The Morgan fingerprint density at radius 3 is 2.81 bits per heavy atom. The van der Waals surface area contributed by atoms with Crippen LogP contribution in [0, 0.1) is 12.3 Å². The SMILES string of the molecule is C#C/C=C\C1=C(C(=O)O)N2C(=O)[C@@H](NC(=O)/C(=N\OCC(=O)O)c3csc(N)n3)[C@H]2SC1. The minimum atomic E-state index is -1.31. The number of thiazole rings is 1. The van der Waals surface area contributed by atoms with E-state index in [1.807, 2.05) is 0 Å². The van der Waals surface area contributed by atoms with Gasteiger partial charge in [0.25, 0.3) is 11.8 Å². The molecule has 32 heavy (non-hydrogen) atoms. The number of allylic oxidation sites excluding steroid dienone is 2. The lowest BCUT2D eigenvalue weighted by Gasteiger charge is -2.49. The van der Waals surface area contributed by atoms with Gasteiger partial charge < -0.3 is 26.1 Å². The van der Waals surface area contributed by atoms with Gasteiger partial charge in [-0.3, -0.25) is 14.5 Å². The maximum absolute atomic E-state index is 12.8. The van der Waals surface area contributed by atoms with E-state index in [4.69, 9.17) is 17.3 Å².